The lowest BCUT2D eigenvalue weighted by molar-refractivity contribution is -0.0285. The first-order chi connectivity index (χ1) is 7.07. The molecule has 15 heavy (non-hydrogen) atoms. The molecule has 0 aliphatic carbocycles. The fourth-order valence-corrected chi connectivity index (χ4v) is 2.08. The van der Waals surface area contributed by atoms with Crippen molar-refractivity contribution in [2.75, 3.05) is 26.2 Å². The minimum absolute atomic E-state index is 0.0315. The summed E-state index contributed by atoms with van der Waals surface area (Å²) < 4.78 is 5.91. The van der Waals surface area contributed by atoms with Gasteiger partial charge in [0.05, 0.1) is 18.3 Å². The van der Waals surface area contributed by atoms with Crippen LogP contribution >= 0.6 is 0 Å². The Bertz CT molecular complexity index is 204. The predicted octanol–water partition coefficient (Wildman–Crippen LogP) is 1.42. The second-order valence-electron chi connectivity index (χ2n) is 4.81. The summed E-state index contributed by atoms with van der Waals surface area (Å²) in [6.07, 6.45) is 4.42. The molecule has 0 aromatic heterocycles. The van der Waals surface area contributed by atoms with Crippen molar-refractivity contribution < 1.29 is 9.84 Å². The average molecular weight is 213 g/mol. The molecule has 1 saturated heterocycles. The van der Waals surface area contributed by atoms with Gasteiger partial charge in [-0.3, -0.25) is 4.90 Å². The van der Waals surface area contributed by atoms with Crippen LogP contribution < -0.4 is 0 Å². The van der Waals surface area contributed by atoms with E-state index in [4.69, 9.17) is 9.84 Å². The van der Waals surface area contributed by atoms with Crippen LogP contribution in [0.1, 0.15) is 26.7 Å². The van der Waals surface area contributed by atoms with Crippen LogP contribution in [0.4, 0.5) is 0 Å². The number of hydrogen-bond acceptors (Lipinski definition) is 3. The molecule has 0 aromatic rings. The van der Waals surface area contributed by atoms with E-state index in [9.17, 15) is 0 Å². The molecule has 3 nitrogen and oxygen atoms in total. The molecule has 1 aliphatic heterocycles. The first-order valence-corrected chi connectivity index (χ1v) is 5.69. The van der Waals surface area contributed by atoms with E-state index < -0.39 is 0 Å². The van der Waals surface area contributed by atoms with Crippen LogP contribution in [-0.2, 0) is 4.74 Å². The van der Waals surface area contributed by atoms with Gasteiger partial charge in [-0.1, -0.05) is 6.08 Å². The van der Waals surface area contributed by atoms with E-state index in [0.29, 0.717) is 12.6 Å². The molecule has 3 heteroatoms. The highest BCUT2D eigenvalue weighted by Crippen LogP contribution is 2.29. The molecule has 1 rings (SSSR count). The third-order valence-corrected chi connectivity index (χ3v) is 2.82. The Morgan fingerprint density at radius 3 is 2.80 bits per heavy atom. The van der Waals surface area contributed by atoms with Gasteiger partial charge in [-0.15, -0.1) is 6.58 Å². The molecule has 88 valence electrons. The standard InChI is InChI=1S/C12H23NO2/c1-4-7-13(8-9-14)10-11-5-6-12(2,3)15-11/h4,11,14H,1,5-10H2,2-3H3. The number of hydrogen-bond donors (Lipinski definition) is 1. The lowest BCUT2D eigenvalue weighted by Gasteiger charge is -2.25. The highest BCUT2D eigenvalue weighted by molar-refractivity contribution is 4.84. The number of nitrogens with zero attached hydrogens (tertiary/aromatic N) is 1. The molecule has 0 bridgehead atoms. The fourth-order valence-electron chi connectivity index (χ4n) is 2.08. The van der Waals surface area contributed by atoms with E-state index in [1.165, 1.54) is 0 Å². The molecule has 1 atom stereocenters. The van der Waals surface area contributed by atoms with Gasteiger partial charge in [0.2, 0.25) is 0 Å². The van der Waals surface area contributed by atoms with Crippen molar-refractivity contribution >= 4 is 0 Å². The minimum atomic E-state index is 0.0315. The number of aliphatic hydroxyl groups is 1. The van der Waals surface area contributed by atoms with Crippen molar-refractivity contribution in [1.82, 2.24) is 4.90 Å². The summed E-state index contributed by atoms with van der Waals surface area (Å²) in [4.78, 5) is 2.18. The van der Waals surface area contributed by atoms with Crippen molar-refractivity contribution in [1.29, 1.82) is 0 Å². The maximum absolute atomic E-state index is 8.92. The van der Waals surface area contributed by atoms with Gasteiger partial charge >= 0.3 is 0 Å². The molecule has 1 aliphatic rings. The molecule has 1 unspecified atom stereocenters. The van der Waals surface area contributed by atoms with Gasteiger partial charge in [0, 0.05) is 19.6 Å². The molecule has 1 fully saturated rings. The van der Waals surface area contributed by atoms with E-state index in [-0.39, 0.29) is 12.2 Å². The zero-order valence-corrected chi connectivity index (χ0v) is 9.91. The summed E-state index contributed by atoms with van der Waals surface area (Å²) in [5, 5.41) is 8.92. The van der Waals surface area contributed by atoms with Crippen molar-refractivity contribution in [2.24, 2.45) is 0 Å². The summed E-state index contributed by atoms with van der Waals surface area (Å²) in [7, 11) is 0. The third-order valence-electron chi connectivity index (χ3n) is 2.82. The predicted molar refractivity (Wildman–Crippen MR) is 61.9 cm³/mol. The van der Waals surface area contributed by atoms with E-state index in [2.05, 4.69) is 25.3 Å². The Kier molecular flexibility index (Phi) is 4.77. The summed E-state index contributed by atoms with van der Waals surface area (Å²) >= 11 is 0. The van der Waals surface area contributed by atoms with Crippen LogP contribution in [0.15, 0.2) is 12.7 Å². The first kappa shape index (κ1) is 12.7. The smallest absolute Gasteiger partial charge is 0.0710 e. The Labute approximate surface area is 92.7 Å². The summed E-state index contributed by atoms with van der Waals surface area (Å²) in [5.41, 5.74) is 0.0315. The lowest BCUT2D eigenvalue weighted by atomic mass is 10.1. The second kappa shape index (κ2) is 5.64. The largest absolute Gasteiger partial charge is 0.395 e. The van der Waals surface area contributed by atoms with Crippen LogP contribution in [-0.4, -0.2) is 48.0 Å². The highest BCUT2D eigenvalue weighted by Gasteiger charge is 2.32. The molecular weight excluding hydrogens is 190 g/mol. The van der Waals surface area contributed by atoms with E-state index >= 15 is 0 Å². The molecule has 0 aromatic carbocycles. The molecule has 1 heterocycles. The minimum Gasteiger partial charge on any atom is -0.395 e. The Morgan fingerprint density at radius 2 is 2.33 bits per heavy atom. The van der Waals surface area contributed by atoms with Crippen molar-refractivity contribution in [2.45, 2.75) is 38.4 Å². The van der Waals surface area contributed by atoms with E-state index in [1.54, 1.807) is 0 Å². The van der Waals surface area contributed by atoms with Crippen LogP contribution in [0.3, 0.4) is 0 Å². The van der Waals surface area contributed by atoms with Gasteiger partial charge in [0.25, 0.3) is 0 Å². The number of aliphatic hydroxyl groups excluding tert-OH is 1. The van der Waals surface area contributed by atoms with Crippen LogP contribution in [0.25, 0.3) is 0 Å². The van der Waals surface area contributed by atoms with E-state index in [0.717, 1.165) is 25.9 Å². The summed E-state index contributed by atoms with van der Waals surface area (Å²) in [6.45, 7) is 10.6. The van der Waals surface area contributed by atoms with Crippen LogP contribution in [0.2, 0.25) is 0 Å². The maximum Gasteiger partial charge on any atom is 0.0710 e. The van der Waals surface area contributed by atoms with Gasteiger partial charge < -0.3 is 9.84 Å². The zero-order chi connectivity index (χ0) is 11.3. The van der Waals surface area contributed by atoms with Gasteiger partial charge in [0.1, 0.15) is 0 Å². The quantitative estimate of drug-likeness (QED) is 0.677. The highest BCUT2D eigenvalue weighted by atomic mass is 16.5. The fraction of sp³-hybridized carbons (Fsp3) is 0.833. The first-order valence-electron chi connectivity index (χ1n) is 5.69. The Hall–Kier alpha value is -0.380. The summed E-state index contributed by atoms with van der Waals surface area (Å²) in [5.74, 6) is 0. The topological polar surface area (TPSA) is 32.7 Å². The van der Waals surface area contributed by atoms with Gasteiger partial charge in [-0.25, -0.2) is 0 Å². The van der Waals surface area contributed by atoms with Gasteiger partial charge in [-0.2, -0.15) is 0 Å². The number of ether oxygens (including phenoxy) is 1. The number of rotatable bonds is 6. The lowest BCUT2D eigenvalue weighted by Crippen LogP contribution is -2.35. The molecule has 0 amide bonds. The maximum atomic E-state index is 8.92. The third kappa shape index (κ3) is 4.33. The zero-order valence-electron chi connectivity index (χ0n) is 9.91. The molecular formula is C12H23NO2. The Balaban J connectivity index is 2.35. The normalized spacial score (nSPS) is 24.7. The molecule has 0 radical (unpaired) electrons. The van der Waals surface area contributed by atoms with Gasteiger partial charge in [-0.05, 0) is 26.7 Å². The van der Waals surface area contributed by atoms with E-state index in [1.807, 2.05) is 6.08 Å². The van der Waals surface area contributed by atoms with Gasteiger partial charge in [0.15, 0.2) is 0 Å². The van der Waals surface area contributed by atoms with Crippen LogP contribution in [0, 0.1) is 0 Å². The average Bonchev–Trinajstić information content (AvgIpc) is 2.46. The SMILES string of the molecule is C=CCN(CCO)CC1CCC(C)(C)O1. The molecule has 0 spiro atoms. The van der Waals surface area contributed by atoms with Crippen molar-refractivity contribution in [3.8, 4) is 0 Å². The molecule has 1 N–H and O–H groups in total. The monoisotopic (exact) mass is 213 g/mol. The van der Waals surface area contributed by atoms with Crippen molar-refractivity contribution in [3.63, 3.8) is 0 Å². The van der Waals surface area contributed by atoms with Crippen LogP contribution in [0.5, 0.6) is 0 Å². The van der Waals surface area contributed by atoms with Crippen molar-refractivity contribution in [3.05, 3.63) is 12.7 Å². The second-order valence-corrected chi connectivity index (χ2v) is 4.81. The molecule has 0 saturated carbocycles. The Morgan fingerprint density at radius 1 is 1.60 bits per heavy atom. The summed E-state index contributed by atoms with van der Waals surface area (Å²) in [6, 6.07) is 0.